The maximum absolute atomic E-state index is 12.9. The topological polar surface area (TPSA) is 56.8 Å². The molecule has 0 aliphatic heterocycles. The molecule has 0 heterocycles. The van der Waals surface area contributed by atoms with E-state index in [4.69, 9.17) is 14.2 Å². The first-order valence-corrected chi connectivity index (χ1v) is 9.88. The number of hydrogen-bond acceptors (Lipinski definition) is 5. The third kappa shape index (κ3) is 5.29. The fourth-order valence-corrected chi connectivity index (χ4v) is 3.44. The maximum Gasteiger partial charge on any atom is 0.368 e. The van der Waals surface area contributed by atoms with Gasteiger partial charge in [0.25, 0.3) is 5.79 Å². The van der Waals surface area contributed by atoms with Crippen LogP contribution in [0.1, 0.15) is 52.0 Å². The molecule has 1 N–H and O–H groups in total. The molecule has 5 nitrogen and oxygen atoms in total. The normalized spacial score (nSPS) is 16.1. The van der Waals surface area contributed by atoms with Crippen LogP contribution in [0.4, 0.5) is 0 Å². The molecule has 2 rings (SSSR count). The summed E-state index contributed by atoms with van der Waals surface area (Å²) in [5, 5.41) is 3.53. The number of carbonyl (C=O) groups excluding carboxylic acids is 1. The van der Waals surface area contributed by atoms with E-state index in [2.05, 4.69) is 17.4 Å². The van der Waals surface area contributed by atoms with E-state index in [-0.39, 0.29) is 6.04 Å². The number of benzene rings is 1. The van der Waals surface area contributed by atoms with Gasteiger partial charge in [-0.15, -0.1) is 0 Å². The third-order valence-corrected chi connectivity index (χ3v) is 4.93. The molecule has 0 bridgehead atoms. The summed E-state index contributed by atoms with van der Waals surface area (Å²) >= 11 is 0. The second kappa shape index (κ2) is 10.7. The lowest BCUT2D eigenvalue weighted by molar-refractivity contribution is -0.259. The Kier molecular flexibility index (Phi) is 8.55. The van der Waals surface area contributed by atoms with Gasteiger partial charge in [0.1, 0.15) is 0 Å². The van der Waals surface area contributed by atoms with Crippen molar-refractivity contribution < 1.29 is 19.0 Å². The monoisotopic (exact) mass is 363 g/mol. The Bertz CT molecular complexity index is 524. The molecule has 0 saturated heterocycles. The van der Waals surface area contributed by atoms with Gasteiger partial charge < -0.3 is 19.5 Å². The van der Waals surface area contributed by atoms with E-state index in [1.165, 1.54) is 19.3 Å². The molecule has 0 spiro atoms. The number of rotatable bonds is 12. The lowest BCUT2D eigenvalue weighted by atomic mass is 9.79. The highest BCUT2D eigenvalue weighted by atomic mass is 16.7. The minimum atomic E-state index is -1.40. The Balaban J connectivity index is 2.23. The Morgan fingerprint density at radius 1 is 1.12 bits per heavy atom. The smallest absolute Gasteiger partial charge is 0.368 e. The number of carbonyl (C=O) groups is 1. The van der Waals surface area contributed by atoms with Gasteiger partial charge in [0.2, 0.25) is 0 Å². The Morgan fingerprint density at radius 2 is 1.77 bits per heavy atom. The average Bonchev–Trinajstić information content (AvgIpc) is 2.61. The molecular weight excluding hydrogens is 330 g/mol. The van der Waals surface area contributed by atoms with E-state index in [1.54, 1.807) is 6.92 Å². The van der Waals surface area contributed by atoms with Crippen LogP contribution >= 0.6 is 0 Å². The van der Waals surface area contributed by atoms with Crippen molar-refractivity contribution in [3.05, 3.63) is 35.9 Å². The van der Waals surface area contributed by atoms with E-state index >= 15 is 0 Å². The number of hydrogen-bond donors (Lipinski definition) is 1. The molecule has 0 aromatic heterocycles. The fourth-order valence-electron chi connectivity index (χ4n) is 3.44. The maximum atomic E-state index is 12.9. The first kappa shape index (κ1) is 20.9. The van der Waals surface area contributed by atoms with Crippen molar-refractivity contribution in [1.29, 1.82) is 0 Å². The molecule has 1 aliphatic carbocycles. The Labute approximate surface area is 157 Å². The number of ether oxygens (including phenoxy) is 3. The van der Waals surface area contributed by atoms with Crippen molar-refractivity contribution in [3.8, 4) is 0 Å². The van der Waals surface area contributed by atoms with Gasteiger partial charge in [0.05, 0.1) is 12.6 Å². The molecular formula is C21H33NO4. The van der Waals surface area contributed by atoms with E-state index in [9.17, 15) is 4.79 Å². The van der Waals surface area contributed by atoms with Gasteiger partial charge in [0.15, 0.2) is 0 Å². The fraction of sp³-hybridized carbons (Fsp3) is 0.667. The van der Waals surface area contributed by atoms with Crippen molar-refractivity contribution in [1.82, 2.24) is 5.32 Å². The van der Waals surface area contributed by atoms with Crippen LogP contribution in [0.25, 0.3) is 0 Å². The van der Waals surface area contributed by atoms with Crippen LogP contribution in [-0.4, -0.2) is 37.6 Å². The van der Waals surface area contributed by atoms with Crippen molar-refractivity contribution in [2.45, 2.75) is 64.8 Å². The molecule has 0 radical (unpaired) electrons. The predicted molar refractivity (Wildman–Crippen MR) is 102 cm³/mol. The van der Waals surface area contributed by atoms with Gasteiger partial charge in [0, 0.05) is 19.8 Å². The average molecular weight is 363 g/mol. The molecule has 146 valence electrons. The van der Waals surface area contributed by atoms with Gasteiger partial charge >= 0.3 is 5.97 Å². The van der Waals surface area contributed by atoms with Crippen LogP contribution in [0.15, 0.2) is 30.3 Å². The molecule has 26 heavy (non-hydrogen) atoms. The molecule has 1 aromatic carbocycles. The minimum absolute atomic E-state index is 0.257. The van der Waals surface area contributed by atoms with Crippen molar-refractivity contribution in [2.75, 3.05) is 19.8 Å². The first-order valence-electron chi connectivity index (χ1n) is 9.88. The summed E-state index contributed by atoms with van der Waals surface area (Å²) in [5.74, 6) is -1.24. The quantitative estimate of drug-likeness (QED) is 0.454. The van der Waals surface area contributed by atoms with Gasteiger partial charge in [-0.05, 0) is 38.7 Å². The molecule has 1 aromatic rings. The van der Waals surface area contributed by atoms with Gasteiger partial charge in [-0.1, -0.05) is 49.6 Å². The first-order chi connectivity index (χ1) is 12.7. The highest BCUT2D eigenvalue weighted by Crippen LogP contribution is 2.35. The second-order valence-corrected chi connectivity index (χ2v) is 6.71. The molecule has 1 unspecified atom stereocenters. The highest BCUT2D eigenvalue weighted by molar-refractivity contribution is 5.79. The Morgan fingerprint density at radius 3 is 2.27 bits per heavy atom. The number of nitrogens with one attached hydrogen (secondary N) is 1. The summed E-state index contributed by atoms with van der Waals surface area (Å²) in [4.78, 5) is 12.9. The van der Waals surface area contributed by atoms with Crippen LogP contribution < -0.4 is 5.32 Å². The largest absolute Gasteiger partial charge is 0.462 e. The van der Waals surface area contributed by atoms with Gasteiger partial charge in [-0.25, -0.2) is 4.79 Å². The van der Waals surface area contributed by atoms with Crippen molar-refractivity contribution in [2.24, 2.45) is 5.92 Å². The van der Waals surface area contributed by atoms with E-state index < -0.39 is 11.8 Å². The second-order valence-electron chi connectivity index (χ2n) is 6.71. The van der Waals surface area contributed by atoms with Crippen molar-refractivity contribution in [3.63, 3.8) is 0 Å². The summed E-state index contributed by atoms with van der Waals surface area (Å²) in [6.07, 6.45) is 4.48. The van der Waals surface area contributed by atoms with E-state index in [0.717, 1.165) is 12.0 Å². The van der Waals surface area contributed by atoms with Crippen LogP contribution in [0.3, 0.4) is 0 Å². The lowest BCUT2D eigenvalue weighted by Gasteiger charge is -2.41. The highest BCUT2D eigenvalue weighted by Gasteiger charge is 2.50. The summed E-state index contributed by atoms with van der Waals surface area (Å²) in [5.41, 5.74) is 1.16. The van der Waals surface area contributed by atoms with E-state index in [0.29, 0.717) is 32.3 Å². The zero-order valence-corrected chi connectivity index (χ0v) is 16.3. The summed E-state index contributed by atoms with van der Waals surface area (Å²) in [6, 6.07) is 9.91. The van der Waals surface area contributed by atoms with Gasteiger partial charge in [-0.2, -0.15) is 0 Å². The van der Waals surface area contributed by atoms with Crippen LogP contribution in [-0.2, 0) is 25.5 Å². The predicted octanol–water partition coefficient (Wildman–Crippen LogP) is 3.67. The van der Waals surface area contributed by atoms with Crippen molar-refractivity contribution >= 4 is 5.97 Å². The third-order valence-electron chi connectivity index (χ3n) is 4.93. The van der Waals surface area contributed by atoms with Gasteiger partial charge in [-0.3, -0.25) is 0 Å². The van der Waals surface area contributed by atoms with Crippen LogP contribution in [0, 0.1) is 5.92 Å². The van der Waals surface area contributed by atoms with E-state index in [1.807, 2.05) is 32.0 Å². The molecule has 1 saturated carbocycles. The molecule has 1 aliphatic rings. The summed E-state index contributed by atoms with van der Waals surface area (Å²) < 4.78 is 17.2. The number of esters is 1. The molecule has 5 heteroatoms. The zero-order chi connectivity index (χ0) is 18.8. The molecule has 1 atom stereocenters. The Hall–Kier alpha value is -1.43. The summed E-state index contributed by atoms with van der Waals surface area (Å²) in [7, 11) is 0. The molecule has 0 amide bonds. The van der Waals surface area contributed by atoms with Crippen LogP contribution in [0.2, 0.25) is 0 Å². The summed E-state index contributed by atoms with van der Waals surface area (Å²) in [6.45, 7) is 7.28. The van der Waals surface area contributed by atoms with Crippen LogP contribution in [0.5, 0.6) is 0 Å². The lowest BCUT2D eigenvalue weighted by Crippen LogP contribution is -2.61. The minimum Gasteiger partial charge on any atom is -0.462 e. The molecule has 1 fully saturated rings. The zero-order valence-electron chi connectivity index (χ0n) is 16.3. The standard InChI is InChI=1S/C21H33NO4/c1-4-24-20(23)21(25-5-2,26-6-3)19(15-17-13-10-14-17)22-16-18-11-8-7-9-12-18/h7-9,11-12,17,19,22H,4-6,10,13-16H2,1-3H3. The SMILES string of the molecule is CCOC(=O)C(OCC)(OCC)C(CC1CCC1)NCc1ccccc1.